The average Bonchev–Trinajstić information content (AvgIpc) is 2.76. The van der Waals surface area contributed by atoms with Gasteiger partial charge in [0.1, 0.15) is 5.75 Å². The standard InChI is InChI=1S/C13H16O4/c1-3-16-13(15)12(14)11-8(2)4-5-10-9(11)6-7-17-10/h4-5,12,14H,3,6-7H2,1-2H3. The first-order valence-electron chi connectivity index (χ1n) is 5.75. The Morgan fingerprint density at radius 3 is 3.06 bits per heavy atom. The van der Waals surface area contributed by atoms with Gasteiger partial charge in [-0.1, -0.05) is 6.07 Å². The van der Waals surface area contributed by atoms with E-state index in [2.05, 4.69) is 0 Å². The lowest BCUT2D eigenvalue weighted by Crippen LogP contribution is -2.17. The van der Waals surface area contributed by atoms with Gasteiger partial charge in [-0.25, -0.2) is 4.79 Å². The van der Waals surface area contributed by atoms with Crippen molar-refractivity contribution in [3.8, 4) is 5.75 Å². The van der Waals surface area contributed by atoms with Gasteiger partial charge < -0.3 is 14.6 Å². The van der Waals surface area contributed by atoms with Gasteiger partial charge in [0.2, 0.25) is 0 Å². The molecule has 0 amide bonds. The molecule has 0 aliphatic carbocycles. The lowest BCUT2D eigenvalue weighted by molar-refractivity contribution is -0.153. The van der Waals surface area contributed by atoms with Crippen LogP contribution < -0.4 is 4.74 Å². The van der Waals surface area contributed by atoms with Crippen LogP contribution in [0.3, 0.4) is 0 Å². The first kappa shape index (κ1) is 11.9. The summed E-state index contributed by atoms with van der Waals surface area (Å²) in [5.41, 5.74) is 2.44. The second kappa shape index (κ2) is 4.75. The van der Waals surface area contributed by atoms with Crippen LogP contribution >= 0.6 is 0 Å². The Morgan fingerprint density at radius 2 is 2.35 bits per heavy atom. The third kappa shape index (κ3) is 2.13. The van der Waals surface area contributed by atoms with E-state index < -0.39 is 12.1 Å². The first-order chi connectivity index (χ1) is 8.15. The number of esters is 1. The Morgan fingerprint density at radius 1 is 1.59 bits per heavy atom. The maximum absolute atomic E-state index is 11.6. The molecule has 4 heteroatoms. The van der Waals surface area contributed by atoms with Crippen molar-refractivity contribution in [2.45, 2.75) is 26.4 Å². The molecule has 1 N–H and O–H groups in total. The molecule has 2 rings (SSSR count). The molecule has 0 spiro atoms. The van der Waals surface area contributed by atoms with E-state index in [0.29, 0.717) is 12.2 Å². The fourth-order valence-corrected chi connectivity index (χ4v) is 2.14. The molecular formula is C13H16O4. The Bertz CT molecular complexity index is 439. The van der Waals surface area contributed by atoms with E-state index in [1.54, 1.807) is 6.92 Å². The van der Waals surface area contributed by atoms with Crippen molar-refractivity contribution in [3.63, 3.8) is 0 Å². The molecule has 0 aromatic heterocycles. The number of aliphatic hydroxyl groups is 1. The quantitative estimate of drug-likeness (QED) is 0.808. The van der Waals surface area contributed by atoms with Gasteiger partial charge >= 0.3 is 5.97 Å². The molecule has 0 bridgehead atoms. The van der Waals surface area contributed by atoms with Crippen LogP contribution in [-0.2, 0) is 16.0 Å². The van der Waals surface area contributed by atoms with Gasteiger partial charge in [-0.05, 0) is 25.5 Å². The summed E-state index contributed by atoms with van der Waals surface area (Å²) in [7, 11) is 0. The first-order valence-corrected chi connectivity index (χ1v) is 5.75. The Labute approximate surface area is 100 Å². The number of rotatable bonds is 3. The minimum absolute atomic E-state index is 0.264. The van der Waals surface area contributed by atoms with Gasteiger partial charge in [-0.2, -0.15) is 0 Å². The molecule has 1 heterocycles. The fourth-order valence-electron chi connectivity index (χ4n) is 2.14. The molecule has 1 aromatic rings. The van der Waals surface area contributed by atoms with Gasteiger partial charge in [0.25, 0.3) is 0 Å². The average molecular weight is 236 g/mol. The molecule has 0 radical (unpaired) electrons. The van der Waals surface area contributed by atoms with Crippen molar-refractivity contribution < 1.29 is 19.4 Å². The normalized spacial score (nSPS) is 15.0. The van der Waals surface area contributed by atoms with Crippen LogP contribution in [-0.4, -0.2) is 24.3 Å². The van der Waals surface area contributed by atoms with Crippen LogP contribution in [0.2, 0.25) is 0 Å². The minimum atomic E-state index is -1.22. The Hall–Kier alpha value is -1.55. The topological polar surface area (TPSA) is 55.8 Å². The van der Waals surface area contributed by atoms with E-state index in [9.17, 15) is 9.90 Å². The van der Waals surface area contributed by atoms with Crippen LogP contribution in [0.1, 0.15) is 29.7 Å². The smallest absolute Gasteiger partial charge is 0.339 e. The molecule has 1 atom stereocenters. The lowest BCUT2D eigenvalue weighted by atomic mass is 9.95. The number of fused-ring (bicyclic) bond motifs is 1. The third-order valence-electron chi connectivity index (χ3n) is 2.93. The number of aryl methyl sites for hydroxylation is 1. The monoisotopic (exact) mass is 236 g/mol. The fraction of sp³-hybridized carbons (Fsp3) is 0.462. The van der Waals surface area contributed by atoms with Gasteiger partial charge in [-0.15, -0.1) is 0 Å². The van der Waals surface area contributed by atoms with E-state index in [1.165, 1.54) is 0 Å². The molecule has 0 saturated carbocycles. The molecular weight excluding hydrogens is 220 g/mol. The number of ether oxygens (including phenoxy) is 2. The Balaban J connectivity index is 2.38. The zero-order chi connectivity index (χ0) is 12.4. The highest BCUT2D eigenvalue weighted by Crippen LogP contribution is 2.34. The van der Waals surface area contributed by atoms with Crippen LogP contribution in [0.4, 0.5) is 0 Å². The van der Waals surface area contributed by atoms with Crippen molar-refractivity contribution in [1.29, 1.82) is 0 Å². The van der Waals surface area contributed by atoms with Gasteiger partial charge in [0, 0.05) is 17.5 Å². The minimum Gasteiger partial charge on any atom is -0.493 e. The van der Waals surface area contributed by atoms with Gasteiger partial charge in [0.15, 0.2) is 6.10 Å². The summed E-state index contributed by atoms with van der Waals surface area (Å²) < 4.78 is 10.3. The van der Waals surface area contributed by atoms with Crippen molar-refractivity contribution in [2.75, 3.05) is 13.2 Å². The highest BCUT2D eigenvalue weighted by atomic mass is 16.5. The zero-order valence-electron chi connectivity index (χ0n) is 10.0. The SMILES string of the molecule is CCOC(=O)C(O)c1c(C)ccc2c1CCO2. The molecule has 1 aliphatic rings. The molecule has 0 saturated heterocycles. The van der Waals surface area contributed by atoms with E-state index in [0.717, 1.165) is 23.3 Å². The van der Waals surface area contributed by atoms with E-state index in [-0.39, 0.29) is 6.61 Å². The summed E-state index contributed by atoms with van der Waals surface area (Å²) in [6, 6.07) is 3.72. The van der Waals surface area contributed by atoms with Crippen LogP contribution in [0.25, 0.3) is 0 Å². The van der Waals surface area contributed by atoms with E-state index in [1.807, 2.05) is 19.1 Å². The lowest BCUT2D eigenvalue weighted by Gasteiger charge is -2.15. The highest BCUT2D eigenvalue weighted by molar-refractivity contribution is 5.78. The predicted octanol–water partition coefficient (Wildman–Crippen LogP) is 1.53. The number of hydrogen-bond donors (Lipinski definition) is 1. The van der Waals surface area contributed by atoms with E-state index >= 15 is 0 Å². The zero-order valence-corrected chi connectivity index (χ0v) is 10.0. The summed E-state index contributed by atoms with van der Waals surface area (Å²) >= 11 is 0. The van der Waals surface area contributed by atoms with Crippen LogP contribution in [0, 0.1) is 6.92 Å². The number of aliphatic hydroxyl groups excluding tert-OH is 1. The highest BCUT2D eigenvalue weighted by Gasteiger charge is 2.27. The maximum atomic E-state index is 11.6. The molecule has 1 aromatic carbocycles. The van der Waals surface area contributed by atoms with Gasteiger partial charge in [0.05, 0.1) is 13.2 Å². The molecule has 92 valence electrons. The summed E-state index contributed by atoms with van der Waals surface area (Å²) in [4.78, 5) is 11.6. The van der Waals surface area contributed by atoms with Crippen LogP contribution in [0.5, 0.6) is 5.75 Å². The molecule has 0 fully saturated rings. The maximum Gasteiger partial charge on any atom is 0.339 e. The summed E-state index contributed by atoms with van der Waals surface area (Å²) in [6.45, 7) is 4.45. The summed E-state index contributed by atoms with van der Waals surface area (Å²) in [6.07, 6.45) is -0.491. The number of hydrogen-bond acceptors (Lipinski definition) is 4. The number of carbonyl (C=O) groups excluding carboxylic acids is 1. The number of benzene rings is 1. The van der Waals surface area contributed by atoms with Crippen molar-refractivity contribution >= 4 is 5.97 Å². The Kier molecular flexibility index (Phi) is 3.33. The van der Waals surface area contributed by atoms with Gasteiger partial charge in [-0.3, -0.25) is 0 Å². The molecule has 4 nitrogen and oxygen atoms in total. The second-order valence-electron chi connectivity index (χ2n) is 4.03. The molecule has 1 unspecified atom stereocenters. The van der Waals surface area contributed by atoms with Crippen molar-refractivity contribution in [2.24, 2.45) is 0 Å². The summed E-state index contributed by atoms with van der Waals surface area (Å²) in [5.74, 6) is 0.157. The predicted molar refractivity (Wildman–Crippen MR) is 62.0 cm³/mol. The largest absolute Gasteiger partial charge is 0.493 e. The number of carbonyl (C=O) groups is 1. The van der Waals surface area contributed by atoms with Crippen LogP contribution in [0.15, 0.2) is 12.1 Å². The molecule has 17 heavy (non-hydrogen) atoms. The summed E-state index contributed by atoms with van der Waals surface area (Å²) in [5, 5.41) is 10.0. The third-order valence-corrected chi connectivity index (χ3v) is 2.93. The van der Waals surface area contributed by atoms with Crippen molar-refractivity contribution in [3.05, 3.63) is 28.8 Å². The molecule has 1 aliphatic heterocycles. The van der Waals surface area contributed by atoms with Crippen molar-refractivity contribution in [1.82, 2.24) is 0 Å². The second-order valence-corrected chi connectivity index (χ2v) is 4.03. The van der Waals surface area contributed by atoms with E-state index in [4.69, 9.17) is 9.47 Å².